The van der Waals surface area contributed by atoms with Gasteiger partial charge in [-0.3, -0.25) is 4.79 Å². The molecule has 0 radical (unpaired) electrons. The molecule has 1 amide bonds. The van der Waals surface area contributed by atoms with Gasteiger partial charge in [0.15, 0.2) is 0 Å². The molecule has 1 aliphatic heterocycles. The second-order valence-corrected chi connectivity index (χ2v) is 7.87. The summed E-state index contributed by atoms with van der Waals surface area (Å²) in [6, 6.07) is 0. The van der Waals surface area contributed by atoms with Crippen molar-refractivity contribution < 1.29 is 4.79 Å². The lowest BCUT2D eigenvalue weighted by molar-refractivity contribution is -0.139. The number of amides is 1. The normalized spacial score (nSPS) is 23.1. The molecule has 3 aliphatic rings. The van der Waals surface area contributed by atoms with E-state index in [1.807, 2.05) is 6.20 Å². The fraction of sp³-hybridized carbons (Fsp3) is 0.789. The zero-order valence-corrected chi connectivity index (χ0v) is 14.3. The minimum Gasteiger partial charge on any atom is -0.342 e. The third kappa shape index (κ3) is 3.17. The molecule has 23 heavy (non-hydrogen) atoms. The van der Waals surface area contributed by atoms with E-state index < -0.39 is 0 Å². The van der Waals surface area contributed by atoms with E-state index in [4.69, 9.17) is 0 Å². The summed E-state index contributed by atoms with van der Waals surface area (Å²) in [6.45, 7) is 5.26. The van der Waals surface area contributed by atoms with Crippen LogP contribution in [0.3, 0.4) is 0 Å². The molecule has 2 aliphatic carbocycles. The van der Waals surface area contributed by atoms with E-state index >= 15 is 0 Å². The van der Waals surface area contributed by atoms with Gasteiger partial charge in [-0.1, -0.05) is 6.42 Å². The maximum Gasteiger partial charge on any atom is 0.225 e. The number of aryl methyl sites for hydroxylation is 1. The Balaban J connectivity index is 1.27. The molecule has 0 N–H and O–H groups in total. The molecular formula is C19H29N3O. The maximum atomic E-state index is 12.3. The van der Waals surface area contributed by atoms with Crippen molar-refractivity contribution in [3.8, 4) is 0 Å². The predicted molar refractivity (Wildman–Crippen MR) is 90.2 cm³/mol. The number of hydrogen-bond donors (Lipinski definition) is 0. The number of carbonyl (C=O) groups excluding carboxylic acids is 1. The molecule has 0 atom stereocenters. The van der Waals surface area contributed by atoms with Crippen molar-refractivity contribution >= 4 is 5.91 Å². The highest BCUT2D eigenvalue weighted by Crippen LogP contribution is 2.39. The van der Waals surface area contributed by atoms with E-state index in [9.17, 15) is 4.79 Å². The number of piperidine rings is 1. The van der Waals surface area contributed by atoms with E-state index in [0.717, 1.165) is 44.3 Å². The van der Waals surface area contributed by atoms with Crippen LogP contribution >= 0.6 is 0 Å². The van der Waals surface area contributed by atoms with Crippen LogP contribution in [0.4, 0.5) is 0 Å². The summed E-state index contributed by atoms with van der Waals surface area (Å²) in [5.74, 6) is 3.62. The highest BCUT2D eigenvalue weighted by molar-refractivity contribution is 5.79. The number of imidazole rings is 1. The predicted octanol–water partition coefficient (Wildman–Crippen LogP) is 3.50. The van der Waals surface area contributed by atoms with Crippen LogP contribution in [0, 0.1) is 18.8 Å². The highest BCUT2D eigenvalue weighted by Gasteiger charge is 2.32. The zero-order valence-electron chi connectivity index (χ0n) is 14.3. The third-order valence-electron chi connectivity index (χ3n) is 6.17. The second-order valence-electron chi connectivity index (χ2n) is 7.87. The monoisotopic (exact) mass is 315 g/mol. The Hall–Kier alpha value is -1.32. The minimum absolute atomic E-state index is 0.362. The van der Waals surface area contributed by atoms with Crippen LogP contribution in [-0.4, -0.2) is 33.4 Å². The molecule has 1 aromatic heterocycles. The molecular weight excluding hydrogens is 286 g/mol. The van der Waals surface area contributed by atoms with E-state index in [1.54, 1.807) is 0 Å². The van der Waals surface area contributed by atoms with E-state index in [2.05, 4.69) is 21.4 Å². The molecule has 0 bridgehead atoms. The smallest absolute Gasteiger partial charge is 0.225 e. The van der Waals surface area contributed by atoms with E-state index in [-0.39, 0.29) is 0 Å². The van der Waals surface area contributed by atoms with Crippen molar-refractivity contribution in [2.24, 2.45) is 11.8 Å². The summed E-state index contributed by atoms with van der Waals surface area (Å²) in [4.78, 5) is 19.1. The first-order chi connectivity index (χ1) is 11.2. The van der Waals surface area contributed by atoms with Crippen LogP contribution in [0.25, 0.3) is 0 Å². The van der Waals surface area contributed by atoms with Gasteiger partial charge in [-0.15, -0.1) is 0 Å². The van der Waals surface area contributed by atoms with E-state index in [1.165, 1.54) is 50.0 Å². The molecule has 2 heterocycles. The highest BCUT2D eigenvalue weighted by atomic mass is 16.2. The van der Waals surface area contributed by atoms with Crippen LogP contribution < -0.4 is 0 Å². The van der Waals surface area contributed by atoms with Crippen molar-refractivity contribution in [2.45, 2.75) is 70.8 Å². The van der Waals surface area contributed by atoms with Crippen molar-refractivity contribution in [1.82, 2.24) is 14.5 Å². The molecule has 2 saturated carbocycles. The van der Waals surface area contributed by atoms with Gasteiger partial charge in [0.05, 0.1) is 0 Å². The van der Waals surface area contributed by atoms with Crippen molar-refractivity contribution in [2.75, 3.05) is 13.1 Å². The van der Waals surface area contributed by atoms with E-state index in [0.29, 0.717) is 11.8 Å². The second kappa shape index (κ2) is 6.29. The molecule has 4 nitrogen and oxygen atoms in total. The van der Waals surface area contributed by atoms with Gasteiger partial charge in [-0.25, -0.2) is 4.98 Å². The third-order valence-corrected chi connectivity index (χ3v) is 6.17. The van der Waals surface area contributed by atoms with Gasteiger partial charge in [0.2, 0.25) is 5.91 Å². The summed E-state index contributed by atoms with van der Waals surface area (Å²) < 4.78 is 2.45. The van der Waals surface area contributed by atoms with Gasteiger partial charge in [0.25, 0.3) is 0 Å². The molecule has 1 saturated heterocycles. The quantitative estimate of drug-likeness (QED) is 0.834. The number of nitrogens with zero attached hydrogens (tertiary/aromatic N) is 3. The van der Waals surface area contributed by atoms with Gasteiger partial charge >= 0.3 is 0 Å². The van der Waals surface area contributed by atoms with Gasteiger partial charge < -0.3 is 9.47 Å². The minimum atomic E-state index is 0.362. The number of aromatic nitrogens is 2. The lowest BCUT2D eigenvalue weighted by atomic mass is 9.83. The number of rotatable bonds is 5. The Morgan fingerprint density at radius 2 is 1.91 bits per heavy atom. The summed E-state index contributed by atoms with van der Waals surface area (Å²) in [7, 11) is 0. The fourth-order valence-corrected chi connectivity index (χ4v) is 4.10. The molecule has 4 heteroatoms. The van der Waals surface area contributed by atoms with Crippen LogP contribution in [0.5, 0.6) is 0 Å². The molecule has 3 fully saturated rings. The summed E-state index contributed by atoms with van der Waals surface area (Å²) in [5, 5.41) is 0. The number of likely N-dealkylation sites (tertiary alicyclic amines) is 1. The van der Waals surface area contributed by atoms with Crippen LogP contribution in [-0.2, 0) is 11.3 Å². The van der Waals surface area contributed by atoms with Crippen LogP contribution in [0.1, 0.15) is 68.8 Å². The average Bonchev–Trinajstić information content (AvgIpc) is 3.28. The van der Waals surface area contributed by atoms with Gasteiger partial charge in [0.1, 0.15) is 5.82 Å². The largest absolute Gasteiger partial charge is 0.342 e. The first-order valence-corrected chi connectivity index (χ1v) is 9.53. The lowest BCUT2D eigenvalue weighted by Gasteiger charge is -2.36. The molecule has 1 aromatic rings. The Morgan fingerprint density at radius 1 is 1.17 bits per heavy atom. The lowest BCUT2D eigenvalue weighted by Crippen LogP contribution is -2.43. The van der Waals surface area contributed by atoms with Crippen LogP contribution in [0.15, 0.2) is 6.20 Å². The molecule has 4 rings (SSSR count). The maximum absolute atomic E-state index is 12.3. The van der Waals surface area contributed by atoms with Gasteiger partial charge in [0, 0.05) is 43.4 Å². The Bertz CT molecular complexity index is 563. The first-order valence-electron chi connectivity index (χ1n) is 9.53. The van der Waals surface area contributed by atoms with Crippen molar-refractivity contribution in [3.63, 3.8) is 0 Å². The summed E-state index contributed by atoms with van der Waals surface area (Å²) >= 11 is 0. The standard InChI is InChI=1S/C19H29N3O/c1-14-13-20-18(16-5-6-16)22(14)12-9-15-7-10-21(11-8-15)19(23)17-3-2-4-17/h13,15-17H,2-12H2,1H3. The molecule has 126 valence electrons. The zero-order chi connectivity index (χ0) is 15.8. The van der Waals surface area contributed by atoms with Crippen LogP contribution in [0.2, 0.25) is 0 Å². The summed E-state index contributed by atoms with van der Waals surface area (Å²) in [5.41, 5.74) is 1.31. The van der Waals surface area contributed by atoms with Gasteiger partial charge in [-0.2, -0.15) is 0 Å². The van der Waals surface area contributed by atoms with Gasteiger partial charge in [-0.05, 0) is 57.8 Å². The first kappa shape index (κ1) is 15.2. The molecule has 0 spiro atoms. The van der Waals surface area contributed by atoms with Crippen molar-refractivity contribution in [3.05, 3.63) is 17.7 Å². The SMILES string of the molecule is Cc1cnc(C2CC2)n1CCC1CCN(C(=O)C2CCC2)CC1. The Morgan fingerprint density at radius 3 is 2.52 bits per heavy atom. The summed E-state index contributed by atoms with van der Waals surface area (Å²) in [6.07, 6.45) is 11.8. The molecule has 0 aromatic carbocycles. The Labute approximate surface area is 139 Å². The van der Waals surface area contributed by atoms with Crippen molar-refractivity contribution in [1.29, 1.82) is 0 Å². The average molecular weight is 315 g/mol. The Kier molecular flexibility index (Phi) is 4.16. The number of hydrogen-bond acceptors (Lipinski definition) is 2. The topological polar surface area (TPSA) is 38.1 Å². The molecule has 0 unspecified atom stereocenters. The number of carbonyl (C=O) groups is 1. The fourth-order valence-electron chi connectivity index (χ4n) is 4.10.